The summed E-state index contributed by atoms with van der Waals surface area (Å²) in [7, 11) is 0. The topological polar surface area (TPSA) is 97.1 Å². The molecule has 0 radical (unpaired) electrons. The van der Waals surface area contributed by atoms with Crippen molar-refractivity contribution < 1.29 is 14.0 Å². The second-order valence-corrected chi connectivity index (χ2v) is 5.03. The number of rotatable bonds is 3. The number of nitrogens with zero attached hydrogens (tertiary/aromatic N) is 2. The second-order valence-electron chi connectivity index (χ2n) is 5.03. The molecule has 2 amide bonds. The van der Waals surface area contributed by atoms with Crippen molar-refractivity contribution in [3.63, 3.8) is 0 Å². The van der Waals surface area contributed by atoms with Crippen LogP contribution in [0.1, 0.15) is 21.6 Å². The zero-order valence-corrected chi connectivity index (χ0v) is 12.4. The van der Waals surface area contributed by atoms with Gasteiger partial charge in [0.15, 0.2) is 0 Å². The van der Waals surface area contributed by atoms with Crippen LogP contribution in [0.25, 0.3) is 11.0 Å². The zero-order chi connectivity index (χ0) is 16.2. The molecule has 2 heterocycles. The van der Waals surface area contributed by atoms with E-state index in [9.17, 15) is 9.59 Å². The maximum absolute atomic E-state index is 12.0. The quantitative estimate of drug-likeness (QED) is 0.715. The first-order chi connectivity index (χ1) is 11.1. The summed E-state index contributed by atoms with van der Waals surface area (Å²) in [4.78, 5) is 31.3. The van der Waals surface area contributed by atoms with Gasteiger partial charge in [0.05, 0.1) is 18.9 Å². The lowest BCUT2D eigenvalue weighted by molar-refractivity contribution is -0.121. The fraction of sp³-hybridized carbons (Fsp3) is 0.125. The fourth-order valence-corrected chi connectivity index (χ4v) is 2.15. The Balaban J connectivity index is 1.62. The molecule has 0 aliphatic heterocycles. The molecule has 7 nitrogen and oxygen atoms in total. The zero-order valence-electron chi connectivity index (χ0n) is 12.4. The van der Waals surface area contributed by atoms with E-state index in [1.54, 1.807) is 6.26 Å². The highest BCUT2D eigenvalue weighted by Crippen LogP contribution is 2.22. The van der Waals surface area contributed by atoms with Gasteiger partial charge in [-0.2, -0.15) is 0 Å². The molecule has 0 saturated heterocycles. The number of hydrogen-bond acceptors (Lipinski definition) is 5. The summed E-state index contributed by atoms with van der Waals surface area (Å²) in [6.07, 6.45) is 5.82. The molecule has 0 saturated carbocycles. The Morgan fingerprint density at radius 1 is 1.22 bits per heavy atom. The summed E-state index contributed by atoms with van der Waals surface area (Å²) in [5.41, 5.74) is 7.34. The van der Waals surface area contributed by atoms with Gasteiger partial charge in [0.2, 0.25) is 5.91 Å². The van der Waals surface area contributed by atoms with Crippen LogP contribution in [0.2, 0.25) is 0 Å². The highest BCUT2D eigenvalue weighted by Gasteiger charge is 2.12. The van der Waals surface area contributed by atoms with Crippen molar-refractivity contribution in [2.45, 2.75) is 13.3 Å². The van der Waals surface area contributed by atoms with Crippen molar-refractivity contribution >= 4 is 22.8 Å². The Hall–Kier alpha value is -3.22. The molecule has 0 aliphatic rings. The van der Waals surface area contributed by atoms with E-state index in [0.717, 1.165) is 22.1 Å². The van der Waals surface area contributed by atoms with Crippen LogP contribution in [0.4, 0.5) is 0 Å². The van der Waals surface area contributed by atoms with Gasteiger partial charge in [-0.3, -0.25) is 25.4 Å². The number of aryl methyl sites for hydroxylation is 1. The lowest BCUT2D eigenvalue weighted by Gasteiger charge is -2.06. The summed E-state index contributed by atoms with van der Waals surface area (Å²) in [5.74, 6) is -0.885. The Morgan fingerprint density at radius 2 is 2.09 bits per heavy atom. The number of fused-ring (bicyclic) bond motifs is 1. The molecule has 0 aliphatic carbocycles. The molecule has 116 valence electrons. The van der Waals surface area contributed by atoms with Crippen molar-refractivity contribution in [2.75, 3.05) is 0 Å². The minimum Gasteiger partial charge on any atom is -0.464 e. The average Bonchev–Trinajstić information content (AvgIpc) is 2.95. The van der Waals surface area contributed by atoms with Crippen LogP contribution in [-0.4, -0.2) is 21.8 Å². The normalized spacial score (nSPS) is 10.5. The number of aromatic nitrogens is 2. The van der Waals surface area contributed by atoms with E-state index in [2.05, 4.69) is 20.8 Å². The van der Waals surface area contributed by atoms with Gasteiger partial charge < -0.3 is 4.42 Å². The summed E-state index contributed by atoms with van der Waals surface area (Å²) in [6.45, 7) is 1.97. The number of furan rings is 1. The predicted molar refractivity (Wildman–Crippen MR) is 82.3 cm³/mol. The highest BCUT2D eigenvalue weighted by atomic mass is 16.3. The largest absolute Gasteiger partial charge is 0.464 e. The van der Waals surface area contributed by atoms with Gasteiger partial charge in [0.25, 0.3) is 5.91 Å². The lowest BCUT2D eigenvalue weighted by atomic mass is 10.1. The number of carbonyl (C=O) groups is 2. The van der Waals surface area contributed by atoms with E-state index in [1.807, 2.05) is 25.1 Å². The minimum atomic E-state index is -0.529. The summed E-state index contributed by atoms with van der Waals surface area (Å²) >= 11 is 0. The Kier molecular flexibility index (Phi) is 4.01. The van der Waals surface area contributed by atoms with Gasteiger partial charge in [-0.05, 0) is 18.6 Å². The van der Waals surface area contributed by atoms with Crippen LogP contribution in [0.3, 0.4) is 0 Å². The van der Waals surface area contributed by atoms with E-state index in [0.29, 0.717) is 0 Å². The molecule has 1 aromatic carbocycles. The van der Waals surface area contributed by atoms with Crippen molar-refractivity contribution in [1.29, 1.82) is 0 Å². The fourth-order valence-electron chi connectivity index (χ4n) is 2.15. The van der Waals surface area contributed by atoms with Crippen LogP contribution in [0, 0.1) is 6.92 Å². The molecule has 0 fully saturated rings. The smallest absolute Gasteiger partial charge is 0.289 e. The SMILES string of the molecule is Cc1ccc2c(CC(=O)NNC(=O)c3cnccn3)coc2c1. The molecule has 0 spiro atoms. The first-order valence-electron chi connectivity index (χ1n) is 6.95. The third kappa shape index (κ3) is 3.34. The molecule has 0 unspecified atom stereocenters. The minimum absolute atomic E-state index is 0.0941. The number of benzene rings is 1. The summed E-state index contributed by atoms with van der Waals surface area (Å²) < 4.78 is 5.44. The molecule has 2 aromatic heterocycles. The van der Waals surface area contributed by atoms with Gasteiger partial charge in [0.1, 0.15) is 11.3 Å². The van der Waals surface area contributed by atoms with E-state index >= 15 is 0 Å². The Labute approximate surface area is 131 Å². The molecular formula is C16H14N4O3. The van der Waals surface area contributed by atoms with Gasteiger partial charge in [-0.25, -0.2) is 4.98 Å². The van der Waals surface area contributed by atoms with Crippen LogP contribution < -0.4 is 10.9 Å². The van der Waals surface area contributed by atoms with Crippen molar-refractivity contribution in [2.24, 2.45) is 0 Å². The van der Waals surface area contributed by atoms with Gasteiger partial charge in [0, 0.05) is 23.3 Å². The number of hydrazine groups is 1. The van der Waals surface area contributed by atoms with Crippen LogP contribution in [0.5, 0.6) is 0 Å². The monoisotopic (exact) mass is 310 g/mol. The molecule has 3 rings (SSSR count). The first-order valence-corrected chi connectivity index (χ1v) is 6.95. The summed E-state index contributed by atoms with van der Waals surface area (Å²) in [5, 5.41) is 0.881. The number of amides is 2. The van der Waals surface area contributed by atoms with Crippen LogP contribution in [-0.2, 0) is 11.2 Å². The van der Waals surface area contributed by atoms with Gasteiger partial charge in [-0.15, -0.1) is 0 Å². The van der Waals surface area contributed by atoms with E-state index in [4.69, 9.17) is 4.42 Å². The number of hydrogen-bond donors (Lipinski definition) is 2. The van der Waals surface area contributed by atoms with E-state index in [-0.39, 0.29) is 18.0 Å². The van der Waals surface area contributed by atoms with Crippen molar-refractivity contribution in [1.82, 2.24) is 20.8 Å². The summed E-state index contributed by atoms with van der Waals surface area (Å²) in [6, 6.07) is 5.77. The molecule has 0 atom stereocenters. The third-order valence-corrected chi connectivity index (χ3v) is 3.27. The standard InChI is InChI=1S/C16H14N4O3/c1-10-2-3-12-11(9-23-14(12)6-10)7-15(21)19-20-16(22)13-8-17-4-5-18-13/h2-6,8-9H,7H2,1H3,(H,19,21)(H,20,22). The third-order valence-electron chi connectivity index (χ3n) is 3.27. The average molecular weight is 310 g/mol. The lowest BCUT2D eigenvalue weighted by Crippen LogP contribution is -2.42. The van der Waals surface area contributed by atoms with Gasteiger partial charge >= 0.3 is 0 Å². The van der Waals surface area contributed by atoms with Crippen molar-refractivity contribution in [3.05, 3.63) is 59.9 Å². The van der Waals surface area contributed by atoms with Crippen LogP contribution in [0.15, 0.2) is 47.5 Å². The number of carbonyl (C=O) groups excluding carboxylic acids is 2. The Bertz CT molecular complexity index is 858. The van der Waals surface area contributed by atoms with Crippen molar-refractivity contribution in [3.8, 4) is 0 Å². The van der Waals surface area contributed by atoms with E-state index in [1.165, 1.54) is 18.6 Å². The molecular weight excluding hydrogens is 296 g/mol. The predicted octanol–water partition coefficient (Wildman–Crippen LogP) is 1.53. The van der Waals surface area contributed by atoms with Gasteiger partial charge in [-0.1, -0.05) is 12.1 Å². The Morgan fingerprint density at radius 3 is 2.87 bits per heavy atom. The molecule has 0 bridgehead atoms. The number of nitrogens with one attached hydrogen (secondary N) is 2. The second kappa shape index (κ2) is 6.27. The maximum Gasteiger partial charge on any atom is 0.289 e. The molecule has 7 heteroatoms. The molecule has 2 N–H and O–H groups in total. The molecule has 3 aromatic rings. The maximum atomic E-state index is 12.0. The van der Waals surface area contributed by atoms with E-state index < -0.39 is 5.91 Å². The highest BCUT2D eigenvalue weighted by molar-refractivity contribution is 5.94. The first kappa shape index (κ1) is 14.7. The molecule has 23 heavy (non-hydrogen) atoms. The van der Waals surface area contributed by atoms with Crippen LogP contribution >= 0.6 is 0 Å².